The first-order chi connectivity index (χ1) is 8.97. The molecular formula is C12H18ClN3O2S. The number of sulfonamides is 1. The third-order valence-electron chi connectivity index (χ3n) is 3.48. The zero-order valence-corrected chi connectivity index (χ0v) is 12.5. The van der Waals surface area contributed by atoms with Crippen LogP contribution >= 0.6 is 11.6 Å². The van der Waals surface area contributed by atoms with Crippen LogP contribution in [0.2, 0.25) is 5.15 Å². The Morgan fingerprint density at radius 2 is 2.05 bits per heavy atom. The maximum atomic E-state index is 11.5. The van der Waals surface area contributed by atoms with Gasteiger partial charge in [-0.25, -0.2) is 17.7 Å². The molecule has 0 saturated carbocycles. The van der Waals surface area contributed by atoms with Gasteiger partial charge in [0.2, 0.25) is 10.0 Å². The molecule has 2 rings (SSSR count). The Hall–Kier alpha value is -0.720. The summed E-state index contributed by atoms with van der Waals surface area (Å²) in [4.78, 5) is 8.26. The molecule has 0 radical (unpaired) electrons. The number of nitrogens with zero attached hydrogens (tertiary/aromatic N) is 3. The first-order valence-corrected chi connectivity index (χ1v) is 8.60. The maximum absolute atomic E-state index is 11.5. The second-order valence-corrected chi connectivity index (χ2v) is 7.30. The Morgan fingerprint density at radius 3 is 2.74 bits per heavy atom. The van der Waals surface area contributed by atoms with Crippen LogP contribution in [0.1, 0.15) is 25.0 Å². The summed E-state index contributed by atoms with van der Waals surface area (Å²) in [5, 5.41) is 0.451. The van der Waals surface area contributed by atoms with E-state index < -0.39 is 10.0 Å². The van der Waals surface area contributed by atoms with Gasteiger partial charge in [-0.3, -0.25) is 4.98 Å². The molecule has 1 aliphatic heterocycles. The summed E-state index contributed by atoms with van der Waals surface area (Å²) < 4.78 is 24.6. The molecule has 0 unspecified atom stereocenters. The Bertz CT molecular complexity index is 536. The van der Waals surface area contributed by atoms with Crippen molar-refractivity contribution in [2.24, 2.45) is 5.92 Å². The predicted molar refractivity (Wildman–Crippen MR) is 74.5 cm³/mol. The zero-order chi connectivity index (χ0) is 13.9. The molecule has 2 heterocycles. The molecule has 0 aliphatic carbocycles. The van der Waals surface area contributed by atoms with Crippen LogP contribution in [0.4, 0.5) is 0 Å². The molecular weight excluding hydrogens is 286 g/mol. The lowest BCUT2D eigenvalue weighted by Gasteiger charge is -2.17. The van der Waals surface area contributed by atoms with E-state index >= 15 is 0 Å². The highest BCUT2D eigenvalue weighted by Crippen LogP contribution is 2.24. The first kappa shape index (κ1) is 14.7. The molecule has 0 N–H and O–H groups in total. The van der Waals surface area contributed by atoms with Crippen molar-refractivity contribution in [1.29, 1.82) is 0 Å². The lowest BCUT2D eigenvalue weighted by molar-refractivity contribution is 0.412. The van der Waals surface area contributed by atoms with Crippen LogP contribution in [0.25, 0.3) is 0 Å². The molecule has 1 saturated heterocycles. The topological polar surface area (TPSA) is 63.2 Å². The largest absolute Gasteiger partial charge is 0.256 e. The molecule has 1 aliphatic rings. The second-order valence-electron chi connectivity index (χ2n) is 4.96. The highest BCUT2D eigenvalue weighted by atomic mass is 35.5. The molecule has 0 amide bonds. The van der Waals surface area contributed by atoms with Crippen molar-refractivity contribution >= 4 is 21.6 Å². The van der Waals surface area contributed by atoms with Gasteiger partial charge in [0.1, 0.15) is 5.15 Å². The molecule has 7 heteroatoms. The second kappa shape index (κ2) is 6.15. The fraction of sp³-hybridized carbons (Fsp3) is 0.667. The van der Waals surface area contributed by atoms with E-state index in [9.17, 15) is 8.42 Å². The fourth-order valence-corrected chi connectivity index (χ4v) is 3.52. The van der Waals surface area contributed by atoms with Gasteiger partial charge in [-0.15, -0.1) is 0 Å². The Labute approximate surface area is 119 Å². The maximum Gasteiger partial charge on any atom is 0.211 e. The number of rotatable bonds is 3. The predicted octanol–water partition coefficient (Wildman–Crippen LogP) is 1.73. The Balaban J connectivity index is 1.99. The van der Waals surface area contributed by atoms with E-state index in [1.807, 2.05) is 0 Å². The third-order valence-corrected chi connectivity index (χ3v) is 5.10. The molecule has 106 valence electrons. The lowest BCUT2D eigenvalue weighted by Crippen LogP contribution is -2.30. The van der Waals surface area contributed by atoms with E-state index in [0.29, 0.717) is 24.2 Å². The van der Waals surface area contributed by atoms with Gasteiger partial charge in [-0.2, -0.15) is 0 Å². The fourth-order valence-electron chi connectivity index (χ4n) is 2.44. The summed E-state index contributed by atoms with van der Waals surface area (Å²) in [5.74, 6) is 0.418. The van der Waals surface area contributed by atoms with Crippen LogP contribution in [0.3, 0.4) is 0 Å². The van der Waals surface area contributed by atoms with Crippen LogP contribution in [0.5, 0.6) is 0 Å². The van der Waals surface area contributed by atoms with Gasteiger partial charge in [-0.05, 0) is 31.6 Å². The minimum atomic E-state index is -3.07. The van der Waals surface area contributed by atoms with Crippen molar-refractivity contribution in [3.63, 3.8) is 0 Å². The van der Waals surface area contributed by atoms with Crippen molar-refractivity contribution in [3.8, 4) is 0 Å². The molecule has 1 atom stereocenters. The van der Waals surface area contributed by atoms with Crippen molar-refractivity contribution in [2.45, 2.75) is 25.7 Å². The summed E-state index contributed by atoms with van der Waals surface area (Å²) in [6.45, 7) is 1.20. The van der Waals surface area contributed by atoms with Gasteiger partial charge in [0, 0.05) is 25.5 Å². The first-order valence-electron chi connectivity index (χ1n) is 6.37. The highest BCUT2D eigenvalue weighted by molar-refractivity contribution is 7.88. The summed E-state index contributed by atoms with van der Waals surface area (Å²) in [6.07, 6.45) is 7.98. The van der Waals surface area contributed by atoms with Gasteiger partial charge in [-0.1, -0.05) is 11.6 Å². The van der Waals surface area contributed by atoms with E-state index in [-0.39, 0.29) is 0 Å². The molecule has 1 aromatic rings. The van der Waals surface area contributed by atoms with E-state index in [0.717, 1.165) is 31.4 Å². The normalized spacial score (nSPS) is 22.1. The monoisotopic (exact) mass is 303 g/mol. The molecule has 0 spiro atoms. The molecule has 19 heavy (non-hydrogen) atoms. The van der Waals surface area contributed by atoms with Crippen LogP contribution < -0.4 is 0 Å². The van der Waals surface area contributed by atoms with Gasteiger partial charge in [0.15, 0.2) is 0 Å². The van der Waals surface area contributed by atoms with Crippen LogP contribution in [0.15, 0.2) is 12.4 Å². The number of halogens is 1. The van der Waals surface area contributed by atoms with Crippen LogP contribution in [-0.2, 0) is 16.4 Å². The van der Waals surface area contributed by atoms with E-state index in [1.54, 1.807) is 16.7 Å². The summed E-state index contributed by atoms with van der Waals surface area (Å²) in [7, 11) is -3.07. The number of hydrogen-bond donors (Lipinski definition) is 0. The Kier molecular flexibility index (Phi) is 4.76. The van der Waals surface area contributed by atoms with Crippen molar-refractivity contribution in [3.05, 3.63) is 23.2 Å². The lowest BCUT2D eigenvalue weighted by atomic mass is 9.95. The van der Waals surface area contributed by atoms with Crippen molar-refractivity contribution in [1.82, 2.24) is 14.3 Å². The van der Waals surface area contributed by atoms with Gasteiger partial charge >= 0.3 is 0 Å². The van der Waals surface area contributed by atoms with E-state index in [1.165, 1.54) is 6.26 Å². The van der Waals surface area contributed by atoms with E-state index in [4.69, 9.17) is 11.6 Å². The smallest absolute Gasteiger partial charge is 0.211 e. The minimum Gasteiger partial charge on any atom is -0.256 e. The van der Waals surface area contributed by atoms with Crippen LogP contribution in [0, 0.1) is 5.92 Å². The van der Waals surface area contributed by atoms with Gasteiger partial charge in [0.25, 0.3) is 0 Å². The average Bonchev–Trinajstić information content (AvgIpc) is 2.57. The SMILES string of the molecule is CS(=O)(=O)N1CCC[C@H](Cc2nccnc2Cl)CC1. The summed E-state index contributed by atoms with van der Waals surface area (Å²) in [6, 6.07) is 0. The number of hydrogen-bond acceptors (Lipinski definition) is 4. The number of aromatic nitrogens is 2. The highest BCUT2D eigenvalue weighted by Gasteiger charge is 2.23. The molecule has 1 aromatic heterocycles. The molecule has 5 nitrogen and oxygen atoms in total. The molecule has 1 fully saturated rings. The Morgan fingerprint density at radius 1 is 1.32 bits per heavy atom. The van der Waals surface area contributed by atoms with E-state index in [2.05, 4.69) is 9.97 Å². The standard InChI is InChI=1S/C12H18ClN3O2S/c1-19(17,18)16-7-2-3-10(4-8-16)9-11-12(13)15-6-5-14-11/h5-6,10H,2-4,7-9H2,1H3/t10-/m0/s1. The van der Waals surface area contributed by atoms with Crippen molar-refractivity contribution in [2.75, 3.05) is 19.3 Å². The molecule has 0 bridgehead atoms. The zero-order valence-electron chi connectivity index (χ0n) is 10.9. The van der Waals surface area contributed by atoms with Gasteiger partial charge < -0.3 is 0 Å². The minimum absolute atomic E-state index is 0.418. The summed E-state index contributed by atoms with van der Waals surface area (Å²) in [5.41, 5.74) is 0.807. The third kappa shape index (κ3) is 4.12. The summed E-state index contributed by atoms with van der Waals surface area (Å²) >= 11 is 6.01. The van der Waals surface area contributed by atoms with Gasteiger partial charge in [0.05, 0.1) is 11.9 Å². The van der Waals surface area contributed by atoms with Crippen molar-refractivity contribution < 1.29 is 8.42 Å². The quantitative estimate of drug-likeness (QED) is 0.853. The van der Waals surface area contributed by atoms with Crippen LogP contribution in [-0.4, -0.2) is 42.0 Å². The molecule has 0 aromatic carbocycles. The average molecular weight is 304 g/mol.